The lowest BCUT2D eigenvalue weighted by molar-refractivity contribution is 0.0695. The minimum Gasteiger partial charge on any atom is -0.497 e. The van der Waals surface area contributed by atoms with Gasteiger partial charge in [-0.25, -0.2) is 4.79 Å². The minimum absolute atomic E-state index is 0.0710. The van der Waals surface area contributed by atoms with Gasteiger partial charge in [0.15, 0.2) is 0 Å². The number of carboxylic acids is 1. The average molecular weight is 459 g/mol. The minimum atomic E-state index is -1.30. The first-order valence-electron chi connectivity index (χ1n) is 10.8. The first-order chi connectivity index (χ1) is 16.4. The highest BCUT2D eigenvalue weighted by molar-refractivity contribution is 5.93. The molecule has 4 aromatic rings. The summed E-state index contributed by atoms with van der Waals surface area (Å²) in [5.74, 6) is 0.346. The van der Waals surface area contributed by atoms with E-state index in [1.807, 2.05) is 44.2 Å². The molecule has 0 aliphatic heterocycles. The Hall–Kier alpha value is -4.26. The molecule has 0 aliphatic carbocycles. The second kappa shape index (κ2) is 9.70. The number of hydrogen-bond acceptors (Lipinski definition) is 5. The average Bonchev–Trinajstić information content (AvgIpc) is 2.82. The van der Waals surface area contributed by atoms with Crippen LogP contribution in [0.3, 0.4) is 0 Å². The maximum atomic E-state index is 12.9. The van der Waals surface area contributed by atoms with Gasteiger partial charge in [-0.05, 0) is 31.5 Å². The Morgan fingerprint density at radius 3 is 2.38 bits per heavy atom. The molecule has 0 spiro atoms. The van der Waals surface area contributed by atoms with E-state index in [9.17, 15) is 14.7 Å². The molecule has 1 N–H and O–H groups in total. The van der Waals surface area contributed by atoms with E-state index >= 15 is 0 Å². The number of rotatable bonds is 8. The summed E-state index contributed by atoms with van der Waals surface area (Å²) < 4.78 is 18.9. The van der Waals surface area contributed by atoms with Crippen molar-refractivity contribution in [3.05, 3.63) is 94.3 Å². The normalized spacial score (nSPS) is 10.9. The molecule has 0 bridgehead atoms. The molecule has 1 aromatic heterocycles. The predicted molar refractivity (Wildman–Crippen MR) is 130 cm³/mol. The molecule has 0 unspecified atom stereocenters. The van der Waals surface area contributed by atoms with E-state index in [2.05, 4.69) is 0 Å². The van der Waals surface area contributed by atoms with Crippen LogP contribution in [0.1, 0.15) is 29.8 Å². The van der Waals surface area contributed by atoms with E-state index in [-0.39, 0.29) is 17.1 Å². The molecule has 3 aromatic carbocycles. The van der Waals surface area contributed by atoms with Crippen molar-refractivity contribution in [1.82, 2.24) is 4.57 Å². The van der Waals surface area contributed by atoms with Crippen LogP contribution in [0, 0.1) is 0 Å². The van der Waals surface area contributed by atoms with E-state index < -0.39 is 11.4 Å². The number of carboxylic acid groups (broad SMARTS) is 1. The van der Waals surface area contributed by atoms with Crippen LogP contribution in [0.15, 0.2) is 77.7 Å². The zero-order chi connectivity index (χ0) is 24.2. The molecule has 174 valence electrons. The van der Waals surface area contributed by atoms with Gasteiger partial charge in [-0.1, -0.05) is 30.3 Å². The fraction of sp³-hybridized carbons (Fsp3) is 0.185. The molecular formula is C27H25NO6. The SMILES string of the molecule is COc1cc(OC(C)C)cc(-n2cc(C(=O)O)c(=O)c3ccc(OCc4ccccc4)cc32)c1. The molecule has 4 rings (SSSR count). The van der Waals surface area contributed by atoms with Crippen molar-refractivity contribution in [3.8, 4) is 22.9 Å². The van der Waals surface area contributed by atoms with Gasteiger partial charge in [0, 0.05) is 35.8 Å². The van der Waals surface area contributed by atoms with Crippen LogP contribution in [-0.2, 0) is 6.61 Å². The van der Waals surface area contributed by atoms with Gasteiger partial charge in [-0.15, -0.1) is 0 Å². The van der Waals surface area contributed by atoms with Crippen molar-refractivity contribution in [2.75, 3.05) is 7.11 Å². The molecular weight excluding hydrogens is 434 g/mol. The number of nitrogens with zero attached hydrogens (tertiary/aromatic N) is 1. The van der Waals surface area contributed by atoms with E-state index in [1.54, 1.807) is 48.1 Å². The summed E-state index contributed by atoms with van der Waals surface area (Å²) in [6.45, 7) is 4.18. The second-order valence-electron chi connectivity index (χ2n) is 8.03. The number of hydrogen-bond donors (Lipinski definition) is 1. The predicted octanol–water partition coefficient (Wildman–Crippen LogP) is 5.06. The first-order valence-corrected chi connectivity index (χ1v) is 10.8. The third-order valence-corrected chi connectivity index (χ3v) is 5.21. The topological polar surface area (TPSA) is 87.0 Å². The van der Waals surface area contributed by atoms with Gasteiger partial charge in [-0.3, -0.25) is 4.79 Å². The summed E-state index contributed by atoms with van der Waals surface area (Å²) in [5.41, 5.74) is 1.20. The molecule has 34 heavy (non-hydrogen) atoms. The monoisotopic (exact) mass is 459 g/mol. The molecule has 0 fully saturated rings. The van der Waals surface area contributed by atoms with Crippen molar-refractivity contribution >= 4 is 16.9 Å². The van der Waals surface area contributed by atoms with Gasteiger partial charge in [0.2, 0.25) is 5.43 Å². The Kier molecular flexibility index (Phi) is 6.54. The molecule has 0 amide bonds. The lowest BCUT2D eigenvalue weighted by Crippen LogP contribution is -2.18. The highest BCUT2D eigenvalue weighted by Gasteiger charge is 2.17. The Bertz CT molecular complexity index is 1390. The summed E-state index contributed by atoms with van der Waals surface area (Å²) in [6, 6.07) is 20.0. The van der Waals surface area contributed by atoms with Crippen LogP contribution in [0.25, 0.3) is 16.6 Å². The van der Waals surface area contributed by atoms with Crippen molar-refractivity contribution in [1.29, 1.82) is 0 Å². The second-order valence-corrected chi connectivity index (χ2v) is 8.03. The van der Waals surface area contributed by atoms with Crippen molar-refractivity contribution in [3.63, 3.8) is 0 Å². The molecule has 7 heteroatoms. The molecule has 0 atom stereocenters. The van der Waals surface area contributed by atoms with Gasteiger partial charge in [-0.2, -0.15) is 0 Å². The van der Waals surface area contributed by atoms with Crippen LogP contribution < -0.4 is 19.6 Å². The number of benzene rings is 3. The highest BCUT2D eigenvalue weighted by Crippen LogP contribution is 2.29. The molecule has 0 saturated carbocycles. The van der Waals surface area contributed by atoms with Crippen LogP contribution in [0.5, 0.6) is 17.2 Å². The third kappa shape index (κ3) is 4.88. The summed E-state index contributed by atoms with van der Waals surface area (Å²) in [5, 5.41) is 9.91. The molecule has 0 radical (unpaired) electrons. The third-order valence-electron chi connectivity index (χ3n) is 5.21. The van der Waals surface area contributed by atoms with Gasteiger partial charge in [0.25, 0.3) is 0 Å². The maximum Gasteiger partial charge on any atom is 0.341 e. The van der Waals surface area contributed by atoms with E-state index in [1.165, 1.54) is 6.20 Å². The number of pyridine rings is 1. The largest absolute Gasteiger partial charge is 0.497 e. The zero-order valence-corrected chi connectivity index (χ0v) is 19.1. The van der Waals surface area contributed by atoms with Gasteiger partial charge < -0.3 is 23.9 Å². The number of ether oxygens (including phenoxy) is 3. The fourth-order valence-electron chi connectivity index (χ4n) is 3.66. The molecule has 0 aliphatic rings. The summed E-state index contributed by atoms with van der Waals surface area (Å²) in [7, 11) is 1.54. The lowest BCUT2D eigenvalue weighted by Gasteiger charge is -2.17. The standard InChI is InChI=1S/C27H25NO6/c1-17(2)34-22-12-19(11-21(13-22)32-3)28-15-24(27(30)31)26(29)23-10-9-20(14-25(23)28)33-16-18-7-5-4-6-8-18/h4-15,17H,16H2,1-3H3,(H,30,31). The summed E-state index contributed by atoms with van der Waals surface area (Å²) in [6.07, 6.45) is 1.25. The van der Waals surface area contributed by atoms with Gasteiger partial charge in [0.1, 0.15) is 29.4 Å². The van der Waals surface area contributed by atoms with Crippen LogP contribution >= 0.6 is 0 Å². The van der Waals surface area contributed by atoms with Crippen LogP contribution in [0.4, 0.5) is 0 Å². The Morgan fingerprint density at radius 1 is 0.971 bits per heavy atom. The smallest absolute Gasteiger partial charge is 0.341 e. The lowest BCUT2D eigenvalue weighted by atomic mass is 10.1. The number of aromatic carboxylic acids is 1. The molecule has 7 nitrogen and oxygen atoms in total. The number of fused-ring (bicyclic) bond motifs is 1. The Labute approximate surface area is 196 Å². The Balaban J connectivity index is 1.87. The summed E-state index contributed by atoms with van der Waals surface area (Å²) in [4.78, 5) is 24.7. The first kappa shape index (κ1) is 22.9. The highest BCUT2D eigenvalue weighted by atomic mass is 16.5. The quantitative estimate of drug-likeness (QED) is 0.396. The van der Waals surface area contributed by atoms with Gasteiger partial charge in [0.05, 0.1) is 24.4 Å². The van der Waals surface area contributed by atoms with Crippen molar-refractivity contribution < 1.29 is 24.1 Å². The van der Waals surface area contributed by atoms with E-state index in [0.29, 0.717) is 35.1 Å². The fourth-order valence-corrected chi connectivity index (χ4v) is 3.66. The number of methoxy groups -OCH3 is 1. The van der Waals surface area contributed by atoms with E-state index in [0.717, 1.165) is 5.56 Å². The van der Waals surface area contributed by atoms with E-state index in [4.69, 9.17) is 14.2 Å². The summed E-state index contributed by atoms with van der Waals surface area (Å²) >= 11 is 0. The number of carbonyl (C=O) groups is 1. The number of aromatic nitrogens is 1. The van der Waals surface area contributed by atoms with Crippen LogP contribution in [-0.4, -0.2) is 28.9 Å². The van der Waals surface area contributed by atoms with Crippen molar-refractivity contribution in [2.45, 2.75) is 26.6 Å². The molecule has 0 saturated heterocycles. The zero-order valence-electron chi connectivity index (χ0n) is 19.1. The van der Waals surface area contributed by atoms with Crippen molar-refractivity contribution in [2.24, 2.45) is 0 Å². The van der Waals surface area contributed by atoms with Gasteiger partial charge >= 0.3 is 5.97 Å². The maximum absolute atomic E-state index is 12.9. The Morgan fingerprint density at radius 2 is 1.71 bits per heavy atom. The molecule has 1 heterocycles. The van der Waals surface area contributed by atoms with Crippen LogP contribution in [0.2, 0.25) is 0 Å².